The summed E-state index contributed by atoms with van der Waals surface area (Å²) in [5.74, 6) is -4.05. The number of nitrogens with zero attached hydrogens (tertiary/aromatic N) is 1. The molecule has 0 saturated carbocycles. The molecule has 2 atom stereocenters. The van der Waals surface area contributed by atoms with Gasteiger partial charge in [0.05, 0.1) is 0 Å². The van der Waals surface area contributed by atoms with Gasteiger partial charge in [0.15, 0.2) is 0 Å². The van der Waals surface area contributed by atoms with Gasteiger partial charge in [0.1, 0.15) is 23.6 Å². The molecule has 0 bridgehead atoms. The van der Waals surface area contributed by atoms with Crippen molar-refractivity contribution in [2.75, 3.05) is 6.54 Å². The Labute approximate surface area is 214 Å². The van der Waals surface area contributed by atoms with Crippen LogP contribution in [-0.4, -0.2) is 35.2 Å². The van der Waals surface area contributed by atoms with Gasteiger partial charge in [0.25, 0.3) is 0 Å². The summed E-state index contributed by atoms with van der Waals surface area (Å²) in [6.45, 7) is 2.29. The number of halogens is 2. The summed E-state index contributed by atoms with van der Waals surface area (Å²) in [6.07, 6.45) is 1.01. The number of hydrogen-bond acceptors (Lipinski definition) is 3. The van der Waals surface area contributed by atoms with Crippen molar-refractivity contribution in [2.24, 2.45) is 5.92 Å². The lowest BCUT2D eigenvalue weighted by atomic mass is 9.98. The quantitative estimate of drug-likeness (QED) is 0.460. The molecule has 1 aliphatic rings. The minimum Gasteiger partial charge on any atom is -0.351 e. The Kier molecular flexibility index (Phi) is 8.28. The first-order valence-electron chi connectivity index (χ1n) is 12.2. The molecule has 0 fully saturated rings. The molecule has 0 radical (unpaired) electrons. The van der Waals surface area contributed by atoms with Crippen LogP contribution in [0.3, 0.4) is 0 Å². The van der Waals surface area contributed by atoms with Gasteiger partial charge < -0.3 is 15.5 Å². The van der Waals surface area contributed by atoms with Gasteiger partial charge in [-0.15, -0.1) is 0 Å². The van der Waals surface area contributed by atoms with Crippen molar-refractivity contribution in [3.8, 4) is 0 Å². The van der Waals surface area contributed by atoms with E-state index in [1.807, 2.05) is 48.5 Å². The van der Waals surface area contributed by atoms with E-state index < -0.39 is 35.4 Å². The molecular weight excluding hydrogens is 476 g/mol. The molecule has 37 heavy (non-hydrogen) atoms. The largest absolute Gasteiger partial charge is 0.351 e. The van der Waals surface area contributed by atoms with Gasteiger partial charge in [-0.25, -0.2) is 8.78 Å². The Hall–Kier alpha value is -4.07. The fourth-order valence-electron chi connectivity index (χ4n) is 4.43. The molecule has 3 aromatic rings. The minimum absolute atomic E-state index is 0.134. The Morgan fingerprint density at radius 3 is 2.22 bits per heavy atom. The van der Waals surface area contributed by atoms with Gasteiger partial charge in [-0.1, -0.05) is 54.6 Å². The van der Waals surface area contributed by atoms with E-state index in [-0.39, 0.29) is 24.4 Å². The van der Waals surface area contributed by atoms with Crippen LogP contribution in [0.25, 0.3) is 0 Å². The number of fused-ring (bicyclic) bond motifs is 1. The molecule has 0 aromatic heterocycles. The second-order valence-electron chi connectivity index (χ2n) is 9.25. The van der Waals surface area contributed by atoms with Crippen molar-refractivity contribution >= 4 is 17.7 Å². The SMILES string of the molecule is CC(C(=O)NCc1cc(F)cc(F)c1)C(=O)NC(Cc1ccccc1)C(=O)N1CCc2ccccc2C1. The van der Waals surface area contributed by atoms with Gasteiger partial charge in [-0.05, 0) is 47.7 Å². The maximum Gasteiger partial charge on any atom is 0.245 e. The monoisotopic (exact) mass is 505 g/mol. The van der Waals surface area contributed by atoms with E-state index in [4.69, 9.17) is 0 Å². The average molecular weight is 506 g/mol. The number of carbonyl (C=O) groups is 3. The number of benzene rings is 3. The molecule has 2 unspecified atom stereocenters. The Bertz CT molecular complexity index is 1260. The molecular formula is C29H29F2N3O3. The molecule has 1 heterocycles. The van der Waals surface area contributed by atoms with Crippen molar-refractivity contribution < 1.29 is 23.2 Å². The summed E-state index contributed by atoms with van der Waals surface area (Å²) in [6, 6.07) is 19.4. The van der Waals surface area contributed by atoms with Crippen molar-refractivity contribution in [2.45, 2.75) is 38.9 Å². The zero-order valence-corrected chi connectivity index (χ0v) is 20.5. The van der Waals surface area contributed by atoms with Crippen LogP contribution in [-0.2, 0) is 40.3 Å². The third kappa shape index (κ3) is 6.78. The van der Waals surface area contributed by atoms with E-state index in [9.17, 15) is 23.2 Å². The molecule has 0 spiro atoms. The first kappa shape index (κ1) is 26.0. The lowest BCUT2D eigenvalue weighted by Gasteiger charge is -2.32. The molecule has 1 aliphatic heterocycles. The fraction of sp³-hybridized carbons (Fsp3) is 0.276. The summed E-state index contributed by atoms with van der Waals surface area (Å²) >= 11 is 0. The standard InChI is InChI=1S/C29H29F2N3O3/c1-19(27(35)32-17-21-13-24(30)16-25(31)14-21)28(36)33-26(15-20-7-3-2-4-8-20)29(37)34-12-11-22-9-5-6-10-23(22)18-34/h2-10,13-14,16,19,26H,11-12,15,17-18H2,1H3,(H,32,35)(H,33,36). The van der Waals surface area contributed by atoms with Crippen LogP contribution in [0.4, 0.5) is 8.78 Å². The fourth-order valence-corrected chi connectivity index (χ4v) is 4.43. The zero-order chi connectivity index (χ0) is 26.4. The normalized spacial score (nSPS) is 14.3. The maximum absolute atomic E-state index is 13.6. The first-order chi connectivity index (χ1) is 17.8. The Balaban J connectivity index is 1.43. The van der Waals surface area contributed by atoms with Gasteiger partial charge >= 0.3 is 0 Å². The van der Waals surface area contributed by atoms with E-state index in [1.165, 1.54) is 12.5 Å². The molecule has 192 valence electrons. The highest BCUT2D eigenvalue weighted by atomic mass is 19.1. The van der Waals surface area contributed by atoms with E-state index in [2.05, 4.69) is 16.7 Å². The third-order valence-corrected chi connectivity index (χ3v) is 6.52. The Morgan fingerprint density at radius 1 is 0.865 bits per heavy atom. The van der Waals surface area contributed by atoms with Crippen LogP contribution in [0, 0.1) is 17.6 Å². The van der Waals surface area contributed by atoms with Gasteiger partial charge in [0, 0.05) is 32.1 Å². The van der Waals surface area contributed by atoms with Crippen LogP contribution < -0.4 is 10.6 Å². The number of hydrogen-bond donors (Lipinski definition) is 2. The van der Waals surface area contributed by atoms with Crippen LogP contribution >= 0.6 is 0 Å². The molecule has 2 N–H and O–H groups in total. The lowest BCUT2D eigenvalue weighted by Crippen LogP contribution is -2.53. The third-order valence-electron chi connectivity index (χ3n) is 6.52. The van der Waals surface area contributed by atoms with Gasteiger partial charge in [0.2, 0.25) is 17.7 Å². The van der Waals surface area contributed by atoms with Crippen LogP contribution in [0.1, 0.15) is 29.2 Å². The number of nitrogens with one attached hydrogen (secondary N) is 2. The first-order valence-corrected chi connectivity index (χ1v) is 12.2. The molecule has 0 saturated heterocycles. The molecule has 3 amide bonds. The van der Waals surface area contributed by atoms with E-state index in [1.54, 1.807) is 4.90 Å². The predicted octanol–water partition coefficient (Wildman–Crippen LogP) is 3.53. The highest BCUT2D eigenvalue weighted by Crippen LogP contribution is 2.20. The predicted molar refractivity (Wildman–Crippen MR) is 135 cm³/mol. The van der Waals surface area contributed by atoms with Crippen LogP contribution in [0.15, 0.2) is 72.8 Å². The van der Waals surface area contributed by atoms with Gasteiger partial charge in [-0.3, -0.25) is 14.4 Å². The number of carbonyl (C=O) groups excluding carboxylic acids is 3. The number of amides is 3. The van der Waals surface area contributed by atoms with Crippen molar-refractivity contribution in [1.82, 2.24) is 15.5 Å². The zero-order valence-electron chi connectivity index (χ0n) is 20.5. The van der Waals surface area contributed by atoms with Crippen LogP contribution in [0.5, 0.6) is 0 Å². The topological polar surface area (TPSA) is 78.5 Å². The highest BCUT2D eigenvalue weighted by molar-refractivity contribution is 6.01. The minimum atomic E-state index is -1.12. The molecule has 8 heteroatoms. The molecule has 0 aliphatic carbocycles. The smallest absolute Gasteiger partial charge is 0.245 e. The summed E-state index contributed by atoms with van der Waals surface area (Å²) in [7, 11) is 0. The second kappa shape index (κ2) is 11.8. The van der Waals surface area contributed by atoms with Gasteiger partial charge in [-0.2, -0.15) is 0 Å². The summed E-state index contributed by atoms with van der Waals surface area (Å²) in [5.41, 5.74) is 3.40. The number of rotatable bonds is 8. The Morgan fingerprint density at radius 2 is 1.51 bits per heavy atom. The van der Waals surface area contributed by atoms with Crippen molar-refractivity contribution in [3.63, 3.8) is 0 Å². The maximum atomic E-state index is 13.6. The average Bonchev–Trinajstić information content (AvgIpc) is 2.90. The van der Waals surface area contributed by atoms with E-state index in [0.717, 1.165) is 35.7 Å². The molecule has 6 nitrogen and oxygen atoms in total. The van der Waals surface area contributed by atoms with E-state index >= 15 is 0 Å². The van der Waals surface area contributed by atoms with Crippen LogP contribution in [0.2, 0.25) is 0 Å². The molecule has 3 aromatic carbocycles. The van der Waals surface area contributed by atoms with E-state index in [0.29, 0.717) is 13.1 Å². The second-order valence-corrected chi connectivity index (χ2v) is 9.25. The lowest BCUT2D eigenvalue weighted by molar-refractivity contribution is -0.140. The summed E-state index contributed by atoms with van der Waals surface area (Å²) < 4.78 is 26.8. The molecule has 4 rings (SSSR count). The van der Waals surface area contributed by atoms with Crippen molar-refractivity contribution in [1.29, 1.82) is 0 Å². The highest BCUT2D eigenvalue weighted by Gasteiger charge is 2.31. The summed E-state index contributed by atoms with van der Waals surface area (Å²) in [5, 5.41) is 5.30. The van der Waals surface area contributed by atoms with Crippen molar-refractivity contribution in [3.05, 3.63) is 107 Å². The summed E-state index contributed by atoms with van der Waals surface area (Å²) in [4.78, 5) is 40.9.